The van der Waals surface area contributed by atoms with Crippen molar-refractivity contribution in [3.8, 4) is 11.5 Å². The fourth-order valence-electron chi connectivity index (χ4n) is 11.8. The number of methoxy groups -OCH3 is 2. The highest BCUT2D eigenvalue weighted by Crippen LogP contribution is 2.25. The monoisotopic (exact) mass is 1690 g/mol. The van der Waals surface area contributed by atoms with E-state index in [0.717, 1.165) is 12.1 Å². The van der Waals surface area contributed by atoms with E-state index in [9.17, 15) is 96.5 Å². The number of nitrogens with one attached hydrogen (secondary N) is 15. The first-order valence-corrected chi connectivity index (χ1v) is 39.1. The number of carbonyl (C=O) groups is 18. The van der Waals surface area contributed by atoms with Gasteiger partial charge in [0, 0.05) is 43.6 Å². The molecule has 121 heavy (non-hydrogen) atoms. The minimum absolute atomic E-state index is 0.0111. The van der Waals surface area contributed by atoms with Crippen molar-refractivity contribution in [3.63, 3.8) is 0 Å². The van der Waals surface area contributed by atoms with Crippen LogP contribution in [0.25, 0.3) is 0 Å². The molecule has 0 spiro atoms. The molecule has 42 heteroatoms. The average Bonchev–Trinajstić information content (AvgIpc) is 0.834. The molecule has 9 atom stereocenters. The second-order valence-electron chi connectivity index (χ2n) is 28.8. The van der Waals surface area contributed by atoms with Gasteiger partial charge < -0.3 is 107 Å². The lowest BCUT2D eigenvalue weighted by atomic mass is 10.0. The molecule has 0 bridgehead atoms. The van der Waals surface area contributed by atoms with Gasteiger partial charge in [0.15, 0.2) is 0 Å². The number of hydrazine groups is 2. The molecule has 0 unspecified atom stereocenters. The molecule has 0 aliphatic rings. The third-order valence-electron chi connectivity index (χ3n) is 18.2. The summed E-state index contributed by atoms with van der Waals surface area (Å²) in [5, 5.41) is 46.0. The number of nitrogens with two attached hydrogens (primary N) is 5. The Morgan fingerprint density at radius 3 is 1.16 bits per heavy atom. The topological polar surface area (TPSA) is 677 Å². The highest BCUT2D eigenvalue weighted by Gasteiger charge is 2.35. The van der Waals surface area contributed by atoms with E-state index in [2.05, 4.69) is 80.2 Å². The van der Waals surface area contributed by atoms with E-state index in [4.69, 9.17) is 38.1 Å². The van der Waals surface area contributed by atoms with E-state index in [1.54, 1.807) is 88.4 Å². The first kappa shape index (κ1) is 100. The Balaban J connectivity index is 1.41. The number of unbranched alkanes of at least 4 members (excludes halogenated alkanes) is 2. The molecule has 4 aromatic carbocycles. The number of rotatable bonds is 50. The number of hydrogen-bond acceptors (Lipinski definition) is 24. The second-order valence-corrected chi connectivity index (χ2v) is 28.8. The van der Waals surface area contributed by atoms with Gasteiger partial charge in [-0.15, -0.1) is 0 Å². The largest absolute Gasteiger partial charge is 0.496 e. The maximum Gasteiger partial charge on any atom is 0.313 e. The van der Waals surface area contributed by atoms with E-state index in [1.165, 1.54) is 38.5 Å². The van der Waals surface area contributed by atoms with Crippen molar-refractivity contribution in [2.45, 2.75) is 185 Å². The molecule has 4 rings (SSSR count). The molecule has 0 aliphatic heterocycles. The summed E-state index contributed by atoms with van der Waals surface area (Å²) in [5.41, 5.74) is 37.6. The van der Waals surface area contributed by atoms with Crippen LogP contribution in [0.15, 0.2) is 97.1 Å². The number of anilines is 2. The standard InChI is InChI=1S/C79H112N20O22/c1-43(2)36-56(72(112)89-52(65(84)105)23-13-15-33-80)94-78(118)76(116)86-47-25-29-61(121-6)50(40-47)67(107)97-99-75(115)59(39-46-20-11-8-12-21-46)93-71(111)55(28-32-64(103)104)90-68(108)51(83)22-17-35-85-69(109)53(24-14-16-34-81)91-73(113)57(37-44(3)4)95-79(119)77(117)87-48-26-30-60(120-5)49(41-48)66(106)96-98-74(114)58(38-45-18-9-7-10-19-45)92-70(110)54(27-31-63(101)102)88-62(100)42-82/h7-12,18-21,25-26,29-30,40-41,43-44,51-59H,13-17,22-24,27-28,31-39,42,80-83H2,1-6H3,(H2,84,105)(H,85,109)(H,86,116)(H,87,117)(H,88,100)(H,89,112)(H,90,108)(H,91,113)(H,92,110)(H,93,111)(H,94,118)(H,95,119)(H,96,106)(H,97,107)(H,98,114)(H,99,115)(H,101,102)(H,103,104)/t51-,52-,53-,54-,55-,56-,57-,58-,59-/m0/s1. The summed E-state index contributed by atoms with van der Waals surface area (Å²) >= 11 is 0. The van der Waals surface area contributed by atoms with Gasteiger partial charge in [0.2, 0.25) is 47.3 Å². The third-order valence-corrected chi connectivity index (χ3v) is 18.2. The van der Waals surface area contributed by atoms with Crippen LogP contribution in [0.1, 0.15) is 149 Å². The van der Waals surface area contributed by atoms with Crippen LogP contribution in [0.3, 0.4) is 0 Å². The average molecular weight is 1690 g/mol. The molecule has 4 aromatic rings. The lowest BCUT2D eigenvalue weighted by molar-refractivity contribution is -0.139. The number of amides is 16. The van der Waals surface area contributed by atoms with Gasteiger partial charge in [0.25, 0.3) is 23.6 Å². The normalized spacial score (nSPS) is 13.1. The first-order chi connectivity index (χ1) is 57.5. The molecule has 660 valence electrons. The maximum atomic E-state index is 14.2. The number of carboxylic acid groups (broad SMARTS) is 2. The third kappa shape index (κ3) is 36.3. The van der Waals surface area contributed by atoms with Gasteiger partial charge >= 0.3 is 35.6 Å². The van der Waals surface area contributed by atoms with E-state index in [0.29, 0.717) is 43.4 Å². The van der Waals surface area contributed by atoms with Crippen LogP contribution in [-0.2, 0) is 89.6 Å². The number of aliphatic carboxylic acids is 2. The van der Waals surface area contributed by atoms with Crippen molar-refractivity contribution in [1.29, 1.82) is 0 Å². The van der Waals surface area contributed by atoms with Crippen molar-refractivity contribution in [2.75, 3.05) is 51.0 Å². The second kappa shape index (κ2) is 52.6. The minimum Gasteiger partial charge on any atom is -0.496 e. The SMILES string of the molecule is COc1ccc(NC(=O)C(=O)N[C@@H](CC(C)C)C(=O)N[C@@H](CCCCN)C(=O)NCCC[C@H](N)C(=O)N[C@@H](CCC(=O)O)C(=O)N[C@@H](Cc2ccccc2)C(=O)NNC(=O)c2cc(NC(=O)C(=O)N[C@@H](CC(C)C)C(=O)N[C@@H](CCCCN)C(N)=O)ccc2OC)cc1C(=O)NNC(=O)[C@H](Cc1ccccc1)NC(=O)[C@H](CCC(=O)O)NC(=O)CN. The molecule has 42 nitrogen and oxygen atoms in total. The Bertz CT molecular complexity index is 4250. The summed E-state index contributed by atoms with van der Waals surface area (Å²) in [4.78, 5) is 239. The highest BCUT2D eigenvalue weighted by molar-refractivity contribution is 6.40. The van der Waals surface area contributed by atoms with Gasteiger partial charge in [-0.2, -0.15) is 0 Å². The summed E-state index contributed by atoms with van der Waals surface area (Å²) in [7, 11) is 2.43. The highest BCUT2D eigenvalue weighted by atomic mass is 16.5. The van der Waals surface area contributed by atoms with Gasteiger partial charge in [-0.3, -0.25) is 108 Å². The smallest absolute Gasteiger partial charge is 0.313 e. The molecular formula is C79H112N20O22. The van der Waals surface area contributed by atoms with E-state index in [1.807, 2.05) is 0 Å². The molecule has 0 aliphatic carbocycles. The van der Waals surface area contributed by atoms with Crippen LogP contribution >= 0.6 is 0 Å². The van der Waals surface area contributed by atoms with Crippen molar-refractivity contribution in [3.05, 3.63) is 119 Å². The number of carbonyl (C=O) groups excluding carboxylic acids is 16. The Morgan fingerprint density at radius 2 is 0.769 bits per heavy atom. The Morgan fingerprint density at radius 1 is 0.388 bits per heavy atom. The summed E-state index contributed by atoms with van der Waals surface area (Å²) < 4.78 is 10.7. The predicted octanol–water partition coefficient (Wildman–Crippen LogP) is -3.09. The zero-order chi connectivity index (χ0) is 89.8. The molecule has 27 N–H and O–H groups in total. The van der Waals surface area contributed by atoms with Crippen LogP contribution in [-0.4, -0.2) is 211 Å². The summed E-state index contributed by atoms with van der Waals surface area (Å²) in [6, 6.07) is 11.4. The van der Waals surface area contributed by atoms with Crippen LogP contribution in [0.5, 0.6) is 11.5 Å². The maximum absolute atomic E-state index is 14.2. The Labute approximate surface area is 697 Å². The number of hydrogen-bond donors (Lipinski definition) is 22. The molecule has 0 saturated heterocycles. The lowest BCUT2D eigenvalue weighted by Gasteiger charge is -2.25. The van der Waals surface area contributed by atoms with Crippen molar-refractivity contribution < 1.29 is 106 Å². The number of benzene rings is 4. The molecular weight excluding hydrogens is 1580 g/mol. The number of carboxylic acids is 2. The van der Waals surface area contributed by atoms with Crippen molar-refractivity contribution >= 4 is 118 Å². The lowest BCUT2D eigenvalue weighted by Crippen LogP contribution is -2.58. The molecule has 16 amide bonds. The predicted molar refractivity (Wildman–Crippen MR) is 437 cm³/mol. The zero-order valence-electron chi connectivity index (χ0n) is 68.2. The van der Waals surface area contributed by atoms with Gasteiger partial charge in [-0.1, -0.05) is 88.4 Å². The van der Waals surface area contributed by atoms with E-state index >= 15 is 0 Å². The van der Waals surface area contributed by atoms with Crippen molar-refractivity contribution in [2.24, 2.45) is 40.5 Å². The van der Waals surface area contributed by atoms with E-state index < -0.39 is 187 Å². The zero-order valence-corrected chi connectivity index (χ0v) is 68.2. The summed E-state index contributed by atoms with van der Waals surface area (Å²) in [6.07, 6.45) is -0.577. The Hall–Kier alpha value is -13.2. The first-order valence-electron chi connectivity index (χ1n) is 39.1. The van der Waals surface area contributed by atoms with Crippen LogP contribution in [0.2, 0.25) is 0 Å². The van der Waals surface area contributed by atoms with Gasteiger partial charge in [-0.05, 0) is 150 Å². The van der Waals surface area contributed by atoms with Crippen LogP contribution in [0, 0.1) is 11.8 Å². The molecule has 0 fully saturated rings. The number of ether oxygens (including phenoxy) is 2. The van der Waals surface area contributed by atoms with E-state index in [-0.39, 0.29) is 117 Å². The minimum atomic E-state index is -1.63. The fourth-order valence-corrected chi connectivity index (χ4v) is 11.8. The molecule has 0 saturated carbocycles. The van der Waals surface area contributed by atoms with Crippen LogP contribution in [0.4, 0.5) is 11.4 Å². The van der Waals surface area contributed by atoms with Crippen molar-refractivity contribution in [1.82, 2.24) is 69.6 Å². The van der Waals surface area contributed by atoms with Gasteiger partial charge in [-0.25, -0.2) is 0 Å². The van der Waals surface area contributed by atoms with Gasteiger partial charge in [0.1, 0.15) is 59.8 Å². The Kier molecular flexibility index (Phi) is 43.5. The molecule has 0 heterocycles. The molecule has 0 aromatic heterocycles. The van der Waals surface area contributed by atoms with Crippen LogP contribution < -0.4 is 118 Å². The fraction of sp³-hybridized carbons (Fsp3) is 0.468. The summed E-state index contributed by atoms with van der Waals surface area (Å²) in [5.74, 6) is -19.3. The molecule has 0 radical (unpaired) electrons. The summed E-state index contributed by atoms with van der Waals surface area (Å²) in [6.45, 7) is 6.86. The number of primary amides is 1. The van der Waals surface area contributed by atoms with Gasteiger partial charge in [0.05, 0.1) is 37.9 Å². The quantitative estimate of drug-likeness (QED) is 0.0118.